The van der Waals surface area contributed by atoms with E-state index in [2.05, 4.69) is 15.3 Å². The van der Waals surface area contributed by atoms with Crippen LogP contribution in [0.15, 0.2) is 35.3 Å². The van der Waals surface area contributed by atoms with Crippen LogP contribution < -0.4 is 11.1 Å². The van der Waals surface area contributed by atoms with E-state index in [4.69, 9.17) is 10.5 Å². The van der Waals surface area contributed by atoms with E-state index in [1.165, 1.54) is 0 Å². The van der Waals surface area contributed by atoms with Crippen LogP contribution in [0.3, 0.4) is 0 Å². The first kappa shape index (κ1) is 16.0. The van der Waals surface area contributed by atoms with Crippen LogP contribution in [0.25, 0.3) is 10.9 Å². The van der Waals surface area contributed by atoms with Crippen LogP contribution >= 0.6 is 12.4 Å². The number of ether oxygens (including phenoxy) is 1. The molecule has 0 saturated heterocycles. The number of carbonyl (C=O) groups is 1. The molecule has 20 heavy (non-hydrogen) atoms. The number of aromatic nitrogens is 1. The number of aliphatic imine (C=N–C) groups is 1. The SMILES string of the molecule is COCCN=C(N)NC(=O)c1cc2ccccc2[nH]1.Cl. The number of benzene rings is 1. The molecule has 1 aromatic carbocycles. The Labute approximate surface area is 122 Å². The molecular weight excluding hydrogens is 280 g/mol. The molecule has 0 radical (unpaired) electrons. The van der Waals surface area contributed by atoms with Crippen LogP contribution in [-0.2, 0) is 4.74 Å². The lowest BCUT2D eigenvalue weighted by atomic mass is 10.2. The Morgan fingerprint density at radius 1 is 1.45 bits per heavy atom. The molecule has 0 bridgehead atoms. The summed E-state index contributed by atoms with van der Waals surface area (Å²) in [5.41, 5.74) is 6.95. The zero-order valence-electron chi connectivity index (χ0n) is 11.1. The number of hydrogen-bond acceptors (Lipinski definition) is 3. The summed E-state index contributed by atoms with van der Waals surface area (Å²) in [5, 5.41) is 3.49. The molecule has 0 aliphatic rings. The van der Waals surface area contributed by atoms with Gasteiger partial charge in [0.05, 0.1) is 13.2 Å². The van der Waals surface area contributed by atoms with Crippen LogP contribution in [0.4, 0.5) is 0 Å². The predicted molar refractivity (Wildman–Crippen MR) is 81.4 cm³/mol. The van der Waals surface area contributed by atoms with Crippen molar-refractivity contribution in [1.82, 2.24) is 10.3 Å². The van der Waals surface area contributed by atoms with Gasteiger partial charge in [0.2, 0.25) is 0 Å². The standard InChI is InChI=1S/C13H16N4O2.ClH/c1-19-7-6-15-13(14)17-12(18)11-8-9-4-2-3-5-10(9)16-11;/h2-5,8,16H,6-7H2,1H3,(H3,14,15,17,18);1H. The van der Waals surface area contributed by atoms with Gasteiger partial charge in [-0.3, -0.25) is 15.1 Å². The first-order valence-corrected chi connectivity index (χ1v) is 5.88. The van der Waals surface area contributed by atoms with E-state index in [0.717, 1.165) is 10.9 Å². The number of halogens is 1. The minimum Gasteiger partial charge on any atom is -0.383 e. The number of amides is 1. The third kappa shape index (κ3) is 3.97. The van der Waals surface area contributed by atoms with Gasteiger partial charge in [0.25, 0.3) is 5.91 Å². The summed E-state index contributed by atoms with van der Waals surface area (Å²) >= 11 is 0. The molecule has 108 valence electrons. The number of nitrogens with two attached hydrogens (primary N) is 1. The summed E-state index contributed by atoms with van der Waals surface area (Å²) < 4.78 is 4.84. The van der Waals surface area contributed by atoms with Crippen molar-refractivity contribution in [3.05, 3.63) is 36.0 Å². The van der Waals surface area contributed by atoms with Crippen LogP contribution in [0, 0.1) is 0 Å². The normalized spacial score (nSPS) is 11.2. The van der Waals surface area contributed by atoms with Gasteiger partial charge in [-0.25, -0.2) is 0 Å². The molecule has 0 spiro atoms. The second-order valence-electron chi connectivity index (χ2n) is 3.98. The Morgan fingerprint density at radius 3 is 2.90 bits per heavy atom. The number of nitrogens with zero attached hydrogens (tertiary/aromatic N) is 1. The van der Waals surface area contributed by atoms with Crippen LogP contribution in [0.5, 0.6) is 0 Å². The van der Waals surface area contributed by atoms with Crippen molar-refractivity contribution in [3.8, 4) is 0 Å². The van der Waals surface area contributed by atoms with Gasteiger partial charge in [0.15, 0.2) is 5.96 Å². The van der Waals surface area contributed by atoms with Crippen LogP contribution in [0.2, 0.25) is 0 Å². The number of rotatable bonds is 4. The number of aromatic amines is 1. The van der Waals surface area contributed by atoms with E-state index < -0.39 is 0 Å². The largest absolute Gasteiger partial charge is 0.383 e. The molecule has 0 unspecified atom stereocenters. The number of methoxy groups -OCH3 is 1. The minimum absolute atomic E-state index is 0. The summed E-state index contributed by atoms with van der Waals surface area (Å²) in [6.07, 6.45) is 0. The number of H-pyrrole nitrogens is 1. The molecular formula is C13H17ClN4O2. The molecule has 0 aliphatic carbocycles. The van der Waals surface area contributed by atoms with Crippen molar-refractivity contribution in [1.29, 1.82) is 0 Å². The lowest BCUT2D eigenvalue weighted by Crippen LogP contribution is -2.37. The average molecular weight is 297 g/mol. The number of fused-ring (bicyclic) bond motifs is 1. The topological polar surface area (TPSA) is 92.5 Å². The maximum Gasteiger partial charge on any atom is 0.274 e. The lowest BCUT2D eigenvalue weighted by Gasteiger charge is -2.02. The highest BCUT2D eigenvalue weighted by Gasteiger charge is 2.09. The zero-order valence-corrected chi connectivity index (χ0v) is 11.9. The maximum absolute atomic E-state index is 11.9. The second-order valence-corrected chi connectivity index (χ2v) is 3.98. The Bertz CT molecular complexity index is 576. The summed E-state index contributed by atoms with van der Waals surface area (Å²) in [6.45, 7) is 0.873. The summed E-state index contributed by atoms with van der Waals surface area (Å²) in [5.74, 6) is -0.226. The van der Waals surface area contributed by atoms with E-state index in [1.807, 2.05) is 24.3 Å². The third-order valence-corrected chi connectivity index (χ3v) is 2.59. The number of para-hydroxylation sites is 1. The highest BCUT2D eigenvalue weighted by atomic mass is 35.5. The number of nitrogens with one attached hydrogen (secondary N) is 2. The van der Waals surface area contributed by atoms with E-state index in [0.29, 0.717) is 18.8 Å². The zero-order chi connectivity index (χ0) is 13.7. The molecule has 7 heteroatoms. The van der Waals surface area contributed by atoms with Gasteiger partial charge < -0.3 is 15.5 Å². The van der Waals surface area contributed by atoms with Crippen molar-refractivity contribution in [3.63, 3.8) is 0 Å². The van der Waals surface area contributed by atoms with Gasteiger partial charge in [0.1, 0.15) is 5.69 Å². The third-order valence-electron chi connectivity index (χ3n) is 2.59. The van der Waals surface area contributed by atoms with E-state index in [9.17, 15) is 4.79 Å². The van der Waals surface area contributed by atoms with Crippen molar-refractivity contribution in [2.75, 3.05) is 20.3 Å². The first-order chi connectivity index (χ1) is 9.20. The highest BCUT2D eigenvalue weighted by Crippen LogP contribution is 2.14. The van der Waals surface area contributed by atoms with E-state index in [-0.39, 0.29) is 24.3 Å². The van der Waals surface area contributed by atoms with Crippen molar-refractivity contribution >= 4 is 35.2 Å². The van der Waals surface area contributed by atoms with Crippen LogP contribution in [-0.4, -0.2) is 37.1 Å². The van der Waals surface area contributed by atoms with Gasteiger partial charge in [-0.1, -0.05) is 18.2 Å². The van der Waals surface area contributed by atoms with Gasteiger partial charge in [-0.2, -0.15) is 0 Å². The molecule has 4 N–H and O–H groups in total. The van der Waals surface area contributed by atoms with Crippen molar-refractivity contribution < 1.29 is 9.53 Å². The number of guanidine groups is 1. The average Bonchev–Trinajstić information content (AvgIpc) is 2.83. The molecule has 2 rings (SSSR count). The smallest absolute Gasteiger partial charge is 0.274 e. The van der Waals surface area contributed by atoms with Gasteiger partial charge in [0, 0.05) is 18.0 Å². The number of hydrogen-bond donors (Lipinski definition) is 3. The summed E-state index contributed by atoms with van der Waals surface area (Å²) in [4.78, 5) is 18.9. The fourth-order valence-electron chi connectivity index (χ4n) is 1.68. The highest BCUT2D eigenvalue weighted by molar-refractivity contribution is 6.06. The molecule has 1 heterocycles. The Balaban J connectivity index is 0.00000200. The molecule has 0 fully saturated rings. The lowest BCUT2D eigenvalue weighted by molar-refractivity contribution is 0.0972. The maximum atomic E-state index is 11.9. The fourth-order valence-corrected chi connectivity index (χ4v) is 1.68. The van der Waals surface area contributed by atoms with Gasteiger partial charge in [-0.05, 0) is 12.1 Å². The first-order valence-electron chi connectivity index (χ1n) is 5.88. The predicted octanol–water partition coefficient (Wildman–Crippen LogP) is 1.28. The molecule has 0 atom stereocenters. The monoisotopic (exact) mass is 296 g/mol. The number of carbonyl (C=O) groups excluding carboxylic acids is 1. The van der Waals surface area contributed by atoms with Gasteiger partial charge in [-0.15, -0.1) is 12.4 Å². The second kappa shape index (κ2) is 7.52. The Hall–Kier alpha value is -2.05. The van der Waals surface area contributed by atoms with Gasteiger partial charge >= 0.3 is 0 Å². The Kier molecular flexibility index (Phi) is 6.02. The molecule has 1 amide bonds. The molecule has 0 aliphatic heterocycles. The molecule has 1 aromatic heterocycles. The fraction of sp³-hybridized carbons (Fsp3) is 0.231. The van der Waals surface area contributed by atoms with E-state index in [1.54, 1.807) is 13.2 Å². The van der Waals surface area contributed by atoms with Crippen LogP contribution in [0.1, 0.15) is 10.5 Å². The molecule has 0 saturated carbocycles. The van der Waals surface area contributed by atoms with Crippen molar-refractivity contribution in [2.45, 2.75) is 0 Å². The summed E-state index contributed by atoms with van der Waals surface area (Å²) in [6, 6.07) is 9.42. The van der Waals surface area contributed by atoms with Crippen molar-refractivity contribution in [2.24, 2.45) is 10.7 Å². The van der Waals surface area contributed by atoms with E-state index >= 15 is 0 Å². The summed E-state index contributed by atoms with van der Waals surface area (Å²) in [7, 11) is 1.58. The Morgan fingerprint density at radius 2 is 2.20 bits per heavy atom. The minimum atomic E-state index is -0.310. The molecule has 2 aromatic rings. The molecule has 6 nitrogen and oxygen atoms in total. The quantitative estimate of drug-likeness (QED) is 0.451.